The molecule has 0 radical (unpaired) electrons. The zero-order valence-electron chi connectivity index (χ0n) is 18.2. The first-order chi connectivity index (χ1) is 14.0. The Kier molecular flexibility index (Phi) is 5.97. The summed E-state index contributed by atoms with van der Waals surface area (Å²) in [7, 11) is 0. The fourth-order valence-electron chi connectivity index (χ4n) is 3.11. The molecule has 0 aliphatic carbocycles. The van der Waals surface area contributed by atoms with Crippen LogP contribution in [0.3, 0.4) is 0 Å². The maximum absolute atomic E-state index is 14.2. The number of aryl methyl sites for hydroxylation is 1. The van der Waals surface area contributed by atoms with Crippen molar-refractivity contribution in [3.8, 4) is 22.5 Å². The van der Waals surface area contributed by atoms with E-state index in [1.54, 1.807) is 37.4 Å². The molecule has 156 valence electrons. The number of rotatable bonds is 4. The lowest BCUT2D eigenvalue weighted by Crippen LogP contribution is -2.40. The van der Waals surface area contributed by atoms with Crippen molar-refractivity contribution < 1.29 is 9.18 Å². The molecule has 0 unspecified atom stereocenters. The van der Waals surface area contributed by atoms with E-state index >= 15 is 0 Å². The van der Waals surface area contributed by atoms with Gasteiger partial charge in [0.15, 0.2) is 0 Å². The maximum Gasteiger partial charge on any atom is 0.251 e. The lowest BCUT2D eigenvalue weighted by atomic mass is 9.99. The molecule has 0 aliphatic rings. The molecule has 5 nitrogen and oxygen atoms in total. The van der Waals surface area contributed by atoms with Gasteiger partial charge in [-0.25, -0.2) is 19.3 Å². The normalized spacial score (nSPS) is 11.6. The molecule has 0 saturated carbocycles. The van der Waals surface area contributed by atoms with Crippen LogP contribution in [0.1, 0.15) is 62.2 Å². The van der Waals surface area contributed by atoms with Crippen LogP contribution in [0.4, 0.5) is 4.39 Å². The standard InChI is InChI=1S/C24H27FN4O/c1-14(2)22-18(12-26-13-27-22)21-11-17(23(30)29-24(4,5)6)10-20(28-21)16-8-7-15(3)19(25)9-16/h7-14H,1-6H3,(H,29,30). The summed E-state index contributed by atoms with van der Waals surface area (Å²) >= 11 is 0. The third kappa shape index (κ3) is 4.87. The van der Waals surface area contributed by atoms with Crippen LogP contribution in [0, 0.1) is 12.7 Å². The number of benzene rings is 1. The predicted octanol–water partition coefficient (Wildman–Crippen LogP) is 5.30. The van der Waals surface area contributed by atoms with E-state index in [0.717, 1.165) is 11.3 Å². The highest BCUT2D eigenvalue weighted by Gasteiger charge is 2.20. The minimum atomic E-state index is -0.393. The molecule has 0 fully saturated rings. The van der Waals surface area contributed by atoms with E-state index in [4.69, 9.17) is 4.98 Å². The predicted molar refractivity (Wildman–Crippen MR) is 117 cm³/mol. The first-order valence-corrected chi connectivity index (χ1v) is 9.96. The zero-order chi connectivity index (χ0) is 22.1. The molecule has 1 N–H and O–H groups in total. The third-order valence-electron chi connectivity index (χ3n) is 4.61. The molecule has 6 heteroatoms. The van der Waals surface area contributed by atoms with E-state index in [9.17, 15) is 9.18 Å². The molecule has 0 bridgehead atoms. The van der Waals surface area contributed by atoms with Gasteiger partial charge < -0.3 is 5.32 Å². The van der Waals surface area contributed by atoms with Gasteiger partial charge in [0, 0.05) is 28.4 Å². The molecule has 2 aromatic heterocycles. The Labute approximate surface area is 176 Å². The maximum atomic E-state index is 14.2. The van der Waals surface area contributed by atoms with Crippen molar-refractivity contribution in [2.45, 2.75) is 53.0 Å². The molecular weight excluding hydrogens is 379 g/mol. The van der Waals surface area contributed by atoms with Gasteiger partial charge in [-0.2, -0.15) is 0 Å². The molecule has 3 rings (SSSR count). The Morgan fingerprint density at radius 3 is 2.43 bits per heavy atom. The van der Waals surface area contributed by atoms with Crippen LogP contribution in [-0.2, 0) is 0 Å². The summed E-state index contributed by atoms with van der Waals surface area (Å²) in [4.78, 5) is 26.2. The zero-order valence-corrected chi connectivity index (χ0v) is 18.2. The van der Waals surface area contributed by atoms with Crippen LogP contribution in [0.5, 0.6) is 0 Å². The largest absolute Gasteiger partial charge is 0.347 e. The summed E-state index contributed by atoms with van der Waals surface area (Å²) < 4.78 is 14.2. The van der Waals surface area contributed by atoms with Crippen LogP contribution in [0.25, 0.3) is 22.5 Å². The van der Waals surface area contributed by atoms with Gasteiger partial charge in [-0.1, -0.05) is 26.0 Å². The van der Waals surface area contributed by atoms with Gasteiger partial charge >= 0.3 is 0 Å². The van der Waals surface area contributed by atoms with E-state index in [1.807, 2.05) is 34.6 Å². The second kappa shape index (κ2) is 8.30. The number of hydrogen-bond donors (Lipinski definition) is 1. The quantitative estimate of drug-likeness (QED) is 0.638. The fraction of sp³-hybridized carbons (Fsp3) is 0.333. The summed E-state index contributed by atoms with van der Waals surface area (Å²) in [5.74, 6) is -0.383. The van der Waals surface area contributed by atoms with Gasteiger partial charge in [-0.3, -0.25) is 4.79 Å². The van der Waals surface area contributed by atoms with E-state index in [1.165, 1.54) is 12.4 Å². The summed E-state index contributed by atoms with van der Waals surface area (Å²) in [5.41, 5.74) is 3.91. The van der Waals surface area contributed by atoms with Crippen molar-refractivity contribution in [3.63, 3.8) is 0 Å². The number of nitrogens with zero attached hydrogens (tertiary/aromatic N) is 3. The van der Waals surface area contributed by atoms with E-state index < -0.39 is 5.54 Å². The Balaban J connectivity index is 2.21. The average molecular weight is 407 g/mol. The van der Waals surface area contributed by atoms with Gasteiger partial charge in [-0.15, -0.1) is 0 Å². The number of halogens is 1. The monoisotopic (exact) mass is 406 g/mol. The van der Waals surface area contributed by atoms with Crippen LogP contribution >= 0.6 is 0 Å². The molecule has 0 atom stereocenters. The number of aromatic nitrogens is 3. The topological polar surface area (TPSA) is 67.8 Å². The molecular formula is C24H27FN4O. The molecule has 1 amide bonds. The smallest absolute Gasteiger partial charge is 0.251 e. The Bertz CT molecular complexity index is 1090. The molecule has 2 heterocycles. The van der Waals surface area contributed by atoms with Crippen molar-refractivity contribution >= 4 is 5.91 Å². The first-order valence-electron chi connectivity index (χ1n) is 9.96. The second-order valence-corrected chi connectivity index (χ2v) is 8.77. The molecule has 0 spiro atoms. The van der Waals surface area contributed by atoms with Crippen LogP contribution in [0.2, 0.25) is 0 Å². The van der Waals surface area contributed by atoms with Gasteiger partial charge in [0.05, 0.1) is 17.1 Å². The summed E-state index contributed by atoms with van der Waals surface area (Å²) in [5, 5.41) is 2.98. The number of pyridine rings is 1. The first kappa shape index (κ1) is 21.6. The molecule has 3 aromatic rings. The summed E-state index contributed by atoms with van der Waals surface area (Å²) in [6.45, 7) is 11.6. The highest BCUT2D eigenvalue weighted by Crippen LogP contribution is 2.29. The number of carbonyl (C=O) groups excluding carboxylic acids is 1. The molecule has 0 aliphatic heterocycles. The highest BCUT2D eigenvalue weighted by molar-refractivity contribution is 5.96. The Hall–Kier alpha value is -3.15. The van der Waals surface area contributed by atoms with E-state index in [0.29, 0.717) is 28.1 Å². The van der Waals surface area contributed by atoms with Gasteiger partial charge in [0.25, 0.3) is 5.91 Å². The number of nitrogens with one attached hydrogen (secondary N) is 1. The third-order valence-corrected chi connectivity index (χ3v) is 4.61. The summed E-state index contributed by atoms with van der Waals surface area (Å²) in [6, 6.07) is 8.38. The number of carbonyl (C=O) groups is 1. The molecule has 1 aromatic carbocycles. The molecule has 30 heavy (non-hydrogen) atoms. The minimum Gasteiger partial charge on any atom is -0.347 e. The van der Waals surface area contributed by atoms with Gasteiger partial charge in [0.1, 0.15) is 12.1 Å². The minimum absolute atomic E-state index is 0.150. The van der Waals surface area contributed by atoms with E-state index in [2.05, 4.69) is 15.3 Å². The van der Waals surface area contributed by atoms with Gasteiger partial charge in [0.2, 0.25) is 0 Å². The van der Waals surface area contributed by atoms with Crippen LogP contribution in [0.15, 0.2) is 42.9 Å². The lowest BCUT2D eigenvalue weighted by Gasteiger charge is -2.21. The van der Waals surface area contributed by atoms with Crippen molar-refractivity contribution in [1.82, 2.24) is 20.3 Å². The fourth-order valence-corrected chi connectivity index (χ4v) is 3.11. The van der Waals surface area contributed by atoms with Crippen LogP contribution in [-0.4, -0.2) is 26.4 Å². The van der Waals surface area contributed by atoms with Crippen molar-refractivity contribution in [1.29, 1.82) is 0 Å². The van der Waals surface area contributed by atoms with Crippen molar-refractivity contribution in [3.05, 3.63) is 65.5 Å². The van der Waals surface area contributed by atoms with Crippen molar-refractivity contribution in [2.75, 3.05) is 0 Å². The lowest BCUT2D eigenvalue weighted by molar-refractivity contribution is 0.0919. The molecule has 0 saturated heterocycles. The van der Waals surface area contributed by atoms with Crippen molar-refractivity contribution in [2.24, 2.45) is 0 Å². The van der Waals surface area contributed by atoms with Crippen LogP contribution < -0.4 is 5.32 Å². The SMILES string of the molecule is Cc1ccc(-c2cc(C(=O)NC(C)(C)C)cc(-c3cncnc3C(C)C)n2)cc1F. The average Bonchev–Trinajstić information content (AvgIpc) is 2.68. The highest BCUT2D eigenvalue weighted by atomic mass is 19.1. The Morgan fingerprint density at radius 1 is 1.10 bits per heavy atom. The van der Waals surface area contributed by atoms with Gasteiger partial charge in [-0.05, 0) is 57.4 Å². The van der Waals surface area contributed by atoms with E-state index in [-0.39, 0.29) is 17.6 Å². The summed E-state index contributed by atoms with van der Waals surface area (Å²) in [6.07, 6.45) is 3.21. The number of hydrogen-bond acceptors (Lipinski definition) is 4. The second-order valence-electron chi connectivity index (χ2n) is 8.77. The Morgan fingerprint density at radius 2 is 1.80 bits per heavy atom. The number of amides is 1.